The van der Waals surface area contributed by atoms with Gasteiger partial charge >= 0.3 is 5.97 Å². The molecule has 0 spiro atoms. The number of carbonyl (C=O) groups excluding carboxylic acids is 2. The maximum atomic E-state index is 13.3. The fraction of sp³-hybridized carbons (Fsp3) is 0.0357. The molecule has 1 aliphatic carbocycles. The van der Waals surface area contributed by atoms with Crippen molar-refractivity contribution in [3.8, 4) is 28.2 Å². The molecule has 3 aromatic carbocycles. The van der Waals surface area contributed by atoms with Crippen LogP contribution in [0.25, 0.3) is 33.4 Å². The van der Waals surface area contributed by atoms with E-state index in [2.05, 4.69) is 5.32 Å². The van der Waals surface area contributed by atoms with Crippen LogP contribution >= 0.6 is 11.6 Å². The van der Waals surface area contributed by atoms with E-state index in [-0.39, 0.29) is 29.1 Å². The molecule has 5 rings (SSSR count). The largest absolute Gasteiger partial charge is 0.508 e. The van der Waals surface area contributed by atoms with Crippen molar-refractivity contribution in [2.75, 3.05) is 5.32 Å². The molecule has 0 saturated heterocycles. The summed E-state index contributed by atoms with van der Waals surface area (Å²) in [5, 5.41) is 13.8. The number of nitrogens with one attached hydrogen (secondary N) is 1. The van der Waals surface area contributed by atoms with Crippen LogP contribution in [0.15, 0.2) is 88.1 Å². The molecule has 36 heavy (non-hydrogen) atoms. The standard InChI is InChI=1S/C28H18ClNO6/c29-17-3-1-16(2-4-17)14-35-28(34)21-8-5-18(30-15-31)11-24(21)27-22-9-6-19(32)12-25(22)36-26-13-20(33)7-10-23(26)27/h1-13,15,32H,14H2,(H,30,31). The number of fused-ring (bicyclic) bond motifs is 2. The van der Waals surface area contributed by atoms with Gasteiger partial charge in [0.15, 0.2) is 5.43 Å². The first kappa shape index (κ1) is 23.1. The molecule has 1 heterocycles. The summed E-state index contributed by atoms with van der Waals surface area (Å²) in [6.07, 6.45) is 0.538. The van der Waals surface area contributed by atoms with Crippen LogP contribution < -0.4 is 10.7 Å². The van der Waals surface area contributed by atoms with Crippen LogP contribution in [-0.4, -0.2) is 17.5 Å². The number of esters is 1. The number of hydrogen-bond acceptors (Lipinski definition) is 6. The number of phenols is 1. The zero-order chi connectivity index (χ0) is 25.2. The third-order valence-electron chi connectivity index (χ3n) is 5.69. The Hall–Kier alpha value is -4.62. The monoisotopic (exact) mass is 499 g/mol. The number of phenolic OH excluding ortho intramolecular Hbond substituents is 1. The molecule has 3 aromatic rings. The predicted molar refractivity (Wildman–Crippen MR) is 136 cm³/mol. The van der Waals surface area contributed by atoms with E-state index < -0.39 is 5.97 Å². The molecule has 8 heteroatoms. The van der Waals surface area contributed by atoms with Gasteiger partial charge in [-0.25, -0.2) is 4.79 Å². The highest BCUT2D eigenvalue weighted by Crippen LogP contribution is 2.42. The summed E-state index contributed by atoms with van der Waals surface area (Å²) in [5.41, 5.74) is 3.14. The van der Waals surface area contributed by atoms with E-state index >= 15 is 0 Å². The number of hydrogen-bond donors (Lipinski definition) is 2. The van der Waals surface area contributed by atoms with E-state index in [9.17, 15) is 19.5 Å². The van der Waals surface area contributed by atoms with Crippen molar-refractivity contribution in [3.63, 3.8) is 0 Å². The average molecular weight is 500 g/mol. The van der Waals surface area contributed by atoms with Crippen LogP contribution in [0.4, 0.5) is 5.69 Å². The molecule has 0 fully saturated rings. The minimum absolute atomic E-state index is 0.0196. The van der Waals surface area contributed by atoms with Crippen LogP contribution in [0.2, 0.25) is 5.02 Å². The van der Waals surface area contributed by atoms with Crippen LogP contribution in [0.5, 0.6) is 5.75 Å². The normalized spacial score (nSPS) is 10.9. The topological polar surface area (TPSA) is 106 Å². The Labute approximate surface area is 209 Å². The van der Waals surface area contributed by atoms with Gasteiger partial charge in [-0.15, -0.1) is 0 Å². The lowest BCUT2D eigenvalue weighted by Crippen LogP contribution is -2.09. The van der Waals surface area contributed by atoms with Crippen LogP contribution in [0.3, 0.4) is 0 Å². The zero-order valence-electron chi connectivity index (χ0n) is 18.7. The number of anilines is 1. The Balaban J connectivity index is 1.69. The molecular weight excluding hydrogens is 482 g/mol. The summed E-state index contributed by atoms with van der Waals surface area (Å²) < 4.78 is 11.5. The van der Waals surface area contributed by atoms with E-state index in [1.165, 1.54) is 24.3 Å². The average Bonchev–Trinajstić information content (AvgIpc) is 2.86. The van der Waals surface area contributed by atoms with Crippen LogP contribution in [-0.2, 0) is 16.1 Å². The molecule has 1 aliphatic heterocycles. The van der Waals surface area contributed by atoms with E-state index in [0.717, 1.165) is 5.56 Å². The molecule has 0 unspecified atom stereocenters. The van der Waals surface area contributed by atoms with E-state index in [4.69, 9.17) is 20.8 Å². The van der Waals surface area contributed by atoms with E-state index in [1.54, 1.807) is 54.6 Å². The molecule has 0 aromatic heterocycles. The number of ether oxygens (including phenoxy) is 1. The van der Waals surface area contributed by atoms with Gasteiger partial charge in [-0.05, 0) is 65.7 Å². The minimum atomic E-state index is -0.584. The maximum Gasteiger partial charge on any atom is 0.339 e. The van der Waals surface area contributed by atoms with Crippen molar-refractivity contribution in [1.29, 1.82) is 0 Å². The summed E-state index contributed by atoms with van der Waals surface area (Å²) in [4.78, 5) is 36.5. The molecule has 0 bridgehead atoms. The second-order valence-corrected chi connectivity index (χ2v) is 8.48. The maximum absolute atomic E-state index is 13.3. The lowest BCUT2D eigenvalue weighted by Gasteiger charge is -2.18. The Bertz CT molecular complexity index is 1640. The van der Waals surface area contributed by atoms with E-state index in [1.807, 2.05) is 0 Å². The van der Waals surface area contributed by atoms with Crippen molar-refractivity contribution >= 4 is 40.6 Å². The first-order valence-electron chi connectivity index (χ1n) is 10.9. The first-order chi connectivity index (χ1) is 17.4. The summed E-state index contributed by atoms with van der Waals surface area (Å²) in [7, 11) is 0. The van der Waals surface area contributed by atoms with Crippen LogP contribution in [0.1, 0.15) is 15.9 Å². The lowest BCUT2D eigenvalue weighted by molar-refractivity contribution is -0.105. The number of benzene rings is 4. The Morgan fingerprint density at radius 2 is 1.78 bits per heavy atom. The molecular formula is C28H18ClNO6. The van der Waals surface area contributed by atoms with Crippen molar-refractivity contribution in [3.05, 3.63) is 105 Å². The number of carbonyl (C=O) groups is 2. The van der Waals surface area contributed by atoms with E-state index in [0.29, 0.717) is 44.8 Å². The van der Waals surface area contributed by atoms with Crippen molar-refractivity contribution < 1.29 is 23.8 Å². The Kier molecular flexibility index (Phi) is 6.14. The van der Waals surface area contributed by atoms with Gasteiger partial charge in [-0.1, -0.05) is 23.7 Å². The molecule has 1 amide bonds. The molecule has 7 nitrogen and oxygen atoms in total. The fourth-order valence-electron chi connectivity index (χ4n) is 4.04. The van der Waals surface area contributed by atoms with Gasteiger partial charge in [-0.3, -0.25) is 9.59 Å². The predicted octanol–water partition coefficient (Wildman–Crippen LogP) is 5.85. The number of halogens is 1. The zero-order valence-corrected chi connectivity index (χ0v) is 19.4. The van der Waals surface area contributed by atoms with Crippen molar-refractivity contribution in [2.45, 2.75) is 6.61 Å². The SMILES string of the molecule is O=CNc1ccc(C(=O)OCc2ccc(Cl)cc2)c(-c2c3ccc(=O)cc-3oc3cc(O)ccc23)c1. The summed E-state index contributed by atoms with van der Waals surface area (Å²) in [5.74, 6) is -0.322. The third-order valence-corrected chi connectivity index (χ3v) is 5.95. The van der Waals surface area contributed by atoms with Gasteiger partial charge in [-0.2, -0.15) is 0 Å². The molecule has 2 aliphatic rings. The second-order valence-electron chi connectivity index (χ2n) is 8.04. The Morgan fingerprint density at radius 3 is 2.56 bits per heavy atom. The van der Waals surface area contributed by atoms with Gasteiger partial charge in [0.05, 0.1) is 5.56 Å². The van der Waals surface area contributed by atoms with Gasteiger partial charge < -0.3 is 19.6 Å². The van der Waals surface area contributed by atoms with Crippen molar-refractivity contribution in [1.82, 2.24) is 0 Å². The molecule has 0 atom stereocenters. The number of aromatic hydroxyl groups is 1. The quantitative estimate of drug-likeness (QED) is 0.172. The van der Waals surface area contributed by atoms with Gasteiger partial charge in [0, 0.05) is 39.4 Å². The third kappa shape index (κ3) is 4.52. The molecule has 0 saturated carbocycles. The molecule has 178 valence electrons. The van der Waals surface area contributed by atoms with Crippen LogP contribution in [0, 0.1) is 0 Å². The Morgan fingerprint density at radius 1 is 0.972 bits per heavy atom. The number of amides is 1. The molecule has 0 radical (unpaired) electrons. The number of rotatable bonds is 6. The smallest absolute Gasteiger partial charge is 0.339 e. The fourth-order valence-corrected chi connectivity index (χ4v) is 4.17. The summed E-state index contributed by atoms with van der Waals surface area (Å²) >= 11 is 5.93. The minimum Gasteiger partial charge on any atom is -0.508 e. The lowest BCUT2D eigenvalue weighted by atomic mass is 9.90. The second kappa shape index (κ2) is 9.56. The van der Waals surface area contributed by atoms with Gasteiger partial charge in [0.25, 0.3) is 0 Å². The molecule has 2 N–H and O–H groups in total. The van der Waals surface area contributed by atoms with Gasteiger partial charge in [0.1, 0.15) is 23.7 Å². The highest BCUT2D eigenvalue weighted by atomic mass is 35.5. The highest BCUT2D eigenvalue weighted by molar-refractivity contribution is 6.30. The summed E-state index contributed by atoms with van der Waals surface area (Å²) in [6, 6.07) is 20.7. The first-order valence-corrected chi connectivity index (χ1v) is 11.3. The van der Waals surface area contributed by atoms with Gasteiger partial charge in [0.2, 0.25) is 6.41 Å². The van der Waals surface area contributed by atoms with Crippen molar-refractivity contribution in [2.24, 2.45) is 0 Å². The highest BCUT2D eigenvalue weighted by Gasteiger charge is 2.23. The summed E-state index contributed by atoms with van der Waals surface area (Å²) in [6.45, 7) is 0.0306.